The Bertz CT molecular complexity index is 638. The smallest absolute Gasteiger partial charge is 0.124 e. The van der Waals surface area contributed by atoms with E-state index in [4.69, 9.17) is 5.73 Å². The van der Waals surface area contributed by atoms with Gasteiger partial charge in [-0.1, -0.05) is 52.3 Å². The molecule has 1 aliphatic heterocycles. The summed E-state index contributed by atoms with van der Waals surface area (Å²) in [6.45, 7) is 3.50. The number of rotatable bonds is 4. The molecule has 2 nitrogen and oxygen atoms in total. The van der Waals surface area contributed by atoms with Crippen molar-refractivity contribution in [1.82, 2.24) is 4.90 Å². The molecule has 124 valence electrons. The molecule has 5 heteroatoms. The van der Waals surface area contributed by atoms with Crippen LogP contribution in [0.4, 0.5) is 4.39 Å². The molecule has 0 bridgehead atoms. The molecule has 1 fully saturated rings. The van der Waals surface area contributed by atoms with E-state index in [1.54, 1.807) is 0 Å². The normalized spacial score (nSPS) is 21.2. The summed E-state index contributed by atoms with van der Waals surface area (Å²) >= 11 is 3.46. The first-order valence-corrected chi connectivity index (χ1v) is 8.38. The van der Waals surface area contributed by atoms with E-state index < -0.39 is 0 Å². The van der Waals surface area contributed by atoms with Gasteiger partial charge in [0.05, 0.1) is 0 Å². The number of nitrogens with zero attached hydrogens (tertiary/aromatic N) is 1. The van der Waals surface area contributed by atoms with Gasteiger partial charge in [0.15, 0.2) is 0 Å². The lowest BCUT2D eigenvalue weighted by Crippen LogP contribution is -2.23. The molecule has 2 atom stereocenters. The van der Waals surface area contributed by atoms with Crippen molar-refractivity contribution in [1.29, 1.82) is 0 Å². The SMILES string of the molecule is Cl.NC[C@@H]1CN(Cc2ccc(F)cc2Br)C[C@H]1c1ccccc1. The summed E-state index contributed by atoms with van der Waals surface area (Å²) in [6, 6.07) is 15.5. The molecular formula is C18H21BrClFN2. The lowest BCUT2D eigenvalue weighted by molar-refractivity contribution is 0.316. The van der Waals surface area contributed by atoms with Gasteiger partial charge in [-0.05, 0) is 35.7 Å². The minimum atomic E-state index is -0.209. The van der Waals surface area contributed by atoms with Gasteiger partial charge in [0.2, 0.25) is 0 Å². The Hall–Kier alpha value is -0.940. The Kier molecular flexibility index (Phi) is 6.60. The second-order valence-electron chi connectivity index (χ2n) is 5.94. The molecule has 0 saturated carbocycles. The highest BCUT2D eigenvalue weighted by Gasteiger charge is 2.32. The summed E-state index contributed by atoms with van der Waals surface area (Å²) in [4.78, 5) is 2.41. The molecule has 2 aromatic carbocycles. The van der Waals surface area contributed by atoms with Crippen molar-refractivity contribution in [3.63, 3.8) is 0 Å². The first-order valence-electron chi connectivity index (χ1n) is 7.58. The van der Waals surface area contributed by atoms with Gasteiger partial charge >= 0.3 is 0 Å². The highest BCUT2D eigenvalue weighted by Crippen LogP contribution is 2.33. The first-order chi connectivity index (χ1) is 10.7. The highest BCUT2D eigenvalue weighted by atomic mass is 79.9. The van der Waals surface area contributed by atoms with Gasteiger partial charge < -0.3 is 5.73 Å². The molecule has 0 aromatic heterocycles. The van der Waals surface area contributed by atoms with Crippen molar-refractivity contribution >= 4 is 28.3 Å². The minimum Gasteiger partial charge on any atom is -0.330 e. The zero-order chi connectivity index (χ0) is 15.5. The maximum absolute atomic E-state index is 13.2. The maximum Gasteiger partial charge on any atom is 0.124 e. The van der Waals surface area contributed by atoms with Gasteiger partial charge in [-0.15, -0.1) is 12.4 Å². The third kappa shape index (κ3) is 4.32. The summed E-state index contributed by atoms with van der Waals surface area (Å²) in [6.07, 6.45) is 0. The number of likely N-dealkylation sites (tertiary alicyclic amines) is 1. The van der Waals surface area contributed by atoms with Crippen LogP contribution in [-0.4, -0.2) is 24.5 Å². The second-order valence-corrected chi connectivity index (χ2v) is 6.80. The van der Waals surface area contributed by atoms with Crippen LogP contribution < -0.4 is 5.73 Å². The van der Waals surface area contributed by atoms with Gasteiger partial charge in [0.25, 0.3) is 0 Å². The average molecular weight is 400 g/mol. The maximum atomic E-state index is 13.2. The molecule has 0 aliphatic carbocycles. The topological polar surface area (TPSA) is 29.3 Å². The quantitative estimate of drug-likeness (QED) is 0.835. The van der Waals surface area contributed by atoms with Crippen molar-refractivity contribution in [2.45, 2.75) is 12.5 Å². The van der Waals surface area contributed by atoms with Gasteiger partial charge in [-0.25, -0.2) is 4.39 Å². The number of halogens is 3. The van der Waals surface area contributed by atoms with Crippen LogP contribution in [0.1, 0.15) is 17.0 Å². The molecule has 0 spiro atoms. The molecule has 0 radical (unpaired) electrons. The van der Waals surface area contributed by atoms with E-state index in [-0.39, 0.29) is 18.2 Å². The minimum absolute atomic E-state index is 0. The second kappa shape index (κ2) is 8.25. The number of hydrogen-bond donors (Lipinski definition) is 1. The predicted octanol–water partition coefficient (Wildman–Crippen LogP) is 4.18. The lowest BCUT2D eigenvalue weighted by Gasteiger charge is -2.17. The molecule has 2 aromatic rings. The fourth-order valence-corrected chi connectivity index (χ4v) is 3.77. The Morgan fingerprint density at radius 3 is 2.52 bits per heavy atom. The van der Waals surface area contributed by atoms with E-state index in [1.807, 2.05) is 12.1 Å². The number of benzene rings is 2. The lowest BCUT2D eigenvalue weighted by atomic mass is 9.89. The van der Waals surface area contributed by atoms with Crippen LogP contribution >= 0.6 is 28.3 Å². The van der Waals surface area contributed by atoms with Crippen LogP contribution in [0.3, 0.4) is 0 Å². The molecular weight excluding hydrogens is 379 g/mol. The van der Waals surface area contributed by atoms with Crippen LogP contribution in [0.5, 0.6) is 0 Å². The van der Waals surface area contributed by atoms with Crippen molar-refractivity contribution in [3.05, 3.63) is 69.9 Å². The van der Waals surface area contributed by atoms with Crippen molar-refractivity contribution < 1.29 is 4.39 Å². The van der Waals surface area contributed by atoms with Crippen LogP contribution in [0, 0.1) is 11.7 Å². The van der Waals surface area contributed by atoms with Crippen LogP contribution in [0.2, 0.25) is 0 Å². The fourth-order valence-electron chi connectivity index (χ4n) is 3.30. The molecule has 2 N–H and O–H groups in total. The number of nitrogens with two attached hydrogens (primary N) is 1. The Morgan fingerprint density at radius 1 is 1.13 bits per heavy atom. The number of hydrogen-bond acceptors (Lipinski definition) is 2. The zero-order valence-electron chi connectivity index (χ0n) is 12.8. The Balaban J connectivity index is 0.00000192. The first kappa shape index (κ1) is 18.4. The van der Waals surface area contributed by atoms with E-state index in [9.17, 15) is 4.39 Å². The van der Waals surface area contributed by atoms with Crippen LogP contribution in [0.15, 0.2) is 53.0 Å². The third-order valence-electron chi connectivity index (χ3n) is 4.46. The molecule has 1 saturated heterocycles. The monoisotopic (exact) mass is 398 g/mol. The molecule has 3 rings (SSSR count). The van der Waals surface area contributed by atoms with Gasteiger partial charge in [0.1, 0.15) is 5.82 Å². The van der Waals surface area contributed by atoms with E-state index in [2.05, 4.69) is 45.1 Å². The van der Waals surface area contributed by atoms with Gasteiger partial charge in [0, 0.05) is 30.0 Å². The van der Waals surface area contributed by atoms with E-state index >= 15 is 0 Å². The van der Waals surface area contributed by atoms with E-state index in [0.717, 1.165) is 29.7 Å². The average Bonchev–Trinajstić information content (AvgIpc) is 2.94. The molecule has 0 unspecified atom stereocenters. The Labute approximate surface area is 151 Å². The van der Waals surface area contributed by atoms with E-state index in [1.165, 1.54) is 17.7 Å². The summed E-state index contributed by atoms with van der Waals surface area (Å²) in [5.74, 6) is 0.742. The third-order valence-corrected chi connectivity index (χ3v) is 5.19. The van der Waals surface area contributed by atoms with E-state index in [0.29, 0.717) is 18.4 Å². The molecule has 1 aliphatic rings. The standard InChI is InChI=1S/C18H20BrFN2.ClH/c19-18-8-16(20)7-6-14(18)10-22-11-15(9-21)17(12-22)13-4-2-1-3-5-13;/h1-8,15,17H,9-12,21H2;1H/t15-,17+;/m1./s1. The zero-order valence-corrected chi connectivity index (χ0v) is 15.2. The predicted molar refractivity (Wildman–Crippen MR) is 98.4 cm³/mol. The fraction of sp³-hybridized carbons (Fsp3) is 0.333. The highest BCUT2D eigenvalue weighted by molar-refractivity contribution is 9.10. The summed E-state index contributed by atoms with van der Waals surface area (Å²) in [5, 5.41) is 0. The largest absolute Gasteiger partial charge is 0.330 e. The summed E-state index contributed by atoms with van der Waals surface area (Å²) < 4.78 is 14.0. The molecule has 1 heterocycles. The van der Waals surface area contributed by atoms with Crippen molar-refractivity contribution in [3.8, 4) is 0 Å². The summed E-state index contributed by atoms with van der Waals surface area (Å²) in [5.41, 5.74) is 8.46. The van der Waals surface area contributed by atoms with Crippen LogP contribution in [-0.2, 0) is 6.54 Å². The van der Waals surface area contributed by atoms with Crippen molar-refractivity contribution in [2.24, 2.45) is 11.7 Å². The van der Waals surface area contributed by atoms with Gasteiger partial charge in [-0.3, -0.25) is 4.90 Å². The van der Waals surface area contributed by atoms with Crippen molar-refractivity contribution in [2.75, 3.05) is 19.6 Å². The Morgan fingerprint density at radius 2 is 1.87 bits per heavy atom. The molecule has 0 amide bonds. The van der Waals surface area contributed by atoms with Gasteiger partial charge in [-0.2, -0.15) is 0 Å². The molecule has 23 heavy (non-hydrogen) atoms. The van der Waals surface area contributed by atoms with Crippen LogP contribution in [0.25, 0.3) is 0 Å². The summed E-state index contributed by atoms with van der Waals surface area (Å²) in [7, 11) is 0.